The Labute approximate surface area is 250 Å². The van der Waals surface area contributed by atoms with Crippen molar-refractivity contribution in [3.05, 3.63) is 51.3 Å². The van der Waals surface area contributed by atoms with Gasteiger partial charge in [0.05, 0.1) is 19.6 Å². The molecule has 0 bridgehead atoms. The fourth-order valence-corrected chi connectivity index (χ4v) is 4.98. The van der Waals surface area contributed by atoms with Gasteiger partial charge in [-0.2, -0.15) is 0 Å². The first-order valence-electron chi connectivity index (χ1n) is 13.4. The highest BCUT2D eigenvalue weighted by Gasteiger charge is 2.24. The average molecular weight is 621 g/mol. The van der Waals surface area contributed by atoms with Crippen LogP contribution in [0.3, 0.4) is 0 Å². The molecule has 0 aliphatic carbocycles. The topological polar surface area (TPSA) is 191 Å². The molecule has 1 N–H and O–H groups in total. The van der Waals surface area contributed by atoms with Gasteiger partial charge in [0.25, 0.3) is 5.09 Å². The van der Waals surface area contributed by atoms with Crippen molar-refractivity contribution < 1.29 is 52.5 Å². The van der Waals surface area contributed by atoms with Gasteiger partial charge in [0, 0.05) is 41.7 Å². The van der Waals surface area contributed by atoms with Crippen molar-refractivity contribution >= 4 is 57.2 Å². The van der Waals surface area contributed by atoms with E-state index < -0.39 is 35.1 Å². The van der Waals surface area contributed by atoms with Crippen LogP contribution in [0, 0.1) is 17.0 Å². The summed E-state index contributed by atoms with van der Waals surface area (Å²) in [5, 5.41) is 12.1. The SMILES string of the molecule is CC(=O)NC(CSC(=O)CCC(=O)OC(C)c1oc2ccc(C3=CC(=O)OC3)cc2c1C)C(=O)OCCCCO[N+](=O)[O-]. The first-order valence-corrected chi connectivity index (χ1v) is 14.4. The molecular weight excluding hydrogens is 588 g/mol. The maximum atomic E-state index is 12.5. The van der Waals surface area contributed by atoms with E-state index in [1.165, 1.54) is 13.0 Å². The Morgan fingerprint density at radius 3 is 2.58 bits per heavy atom. The van der Waals surface area contributed by atoms with Gasteiger partial charge in [-0.3, -0.25) is 14.4 Å². The van der Waals surface area contributed by atoms with Crippen molar-refractivity contribution in [2.45, 2.75) is 58.6 Å². The number of fused-ring (bicyclic) bond motifs is 1. The van der Waals surface area contributed by atoms with Crippen molar-refractivity contribution in [2.24, 2.45) is 0 Å². The number of amides is 1. The number of nitrogens with one attached hydrogen (secondary N) is 1. The van der Waals surface area contributed by atoms with Gasteiger partial charge in [-0.15, -0.1) is 10.1 Å². The van der Waals surface area contributed by atoms with Crippen LogP contribution in [0.5, 0.6) is 0 Å². The Morgan fingerprint density at radius 1 is 1.16 bits per heavy atom. The summed E-state index contributed by atoms with van der Waals surface area (Å²) in [4.78, 5) is 74.4. The maximum absolute atomic E-state index is 12.5. The molecule has 0 saturated carbocycles. The Bertz CT molecular complexity index is 1420. The normalized spacial score (nSPS) is 13.9. The molecule has 1 aliphatic rings. The van der Waals surface area contributed by atoms with Gasteiger partial charge in [-0.25, -0.2) is 9.59 Å². The third-order valence-corrected chi connectivity index (χ3v) is 7.30. The molecule has 3 rings (SSSR count). The molecule has 0 radical (unpaired) electrons. The quantitative estimate of drug-likeness (QED) is 0.0946. The van der Waals surface area contributed by atoms with E-state index in [9.17, 15) is 34.1 Å². The second kappa shape index (κ2) is 15.7. The molecule has 1 aromatic heterocycles. The number of nitrogens with zero attached hydrogens (tertiary/aromatic N) is 1. The minimum atomic E-state index is -1.09. The Balaban J connectivity index is 1.45. The first kappa shape index (κ1) is 33.1. The van der Waals surface area contributed by atoms with Crippen molar-refractivity contribution in [3.63, 3.8) is 0 Å². The number of carbonyl (C=O) groups excluding carboxylic acids is 5. The zero-order chi connectivity index (χ0) is 31.5. The second-order valence-electron chi connectivity index (χ2n) is 9.58. The summed E-state index contributed by atoms with van der Waals surface area (Å²) < 4.78 is 21.5. The van der Waals surface area contributed by atoms with E-state index in [1.807, 2.05) is 19.1 Å². The van der Waals surface area contributed by atoms with Gasteiger partial charge < -0.3 is 28.8 Å². The molecule has 1 aromatic carbocycles. The average Bonchev–Trinajstić information content (AvgIpc) is 3.53. The molecule has 2 unspecified atom stereocenters. The van der Waals surface area contributed by atoms with Gasteiger partial charge in [-0.05, 0) is 44.4 Å². The number of ether oxygens (including phenoxy) is 3. The number of carbonyl (C=O) groups is 5. The number of esters is 3. The molecule has 0 saturated heterocycles. The van der Waals surface area contributed by atoms with Gasteiger partial charge in [0.15, 0.2) is 11.2 Å². The molecule has 15 heteroatoms. The zero-order valence-electron chi connectivity index (χ0n) is 23.9. The van der Waals surface area contributed by atoms with Crippen LogP contribution in [0.1, 0.15) is 62.5 Å². The predicted molar refractivity (Wildman–Crippen MR) is 152 cm³/mol. The predicted octanol–water partition coefficient (Wildman–Crippen LogP) is 3.36. The number of rotatable bonds is 16. The molecule has 1 aliphatic heterocycles. The van der Waals surface area contributed by atoms with E-state index in [2.05, 4.69) is 10.2 Å². The molecule has 2 heterocycles. The molecule has 1 amide bonds. The lowest BCUT2D eigenvalue weighted by Gasteiger charge is -2.16. The van der Waals surface area contributed by atoms with E-state index >= 15 is 0 Å². The third kappa shape index (κ3) is 10.1. The molecule has 0 spiro atoms. The fraction of sp³-hybridized carbons (Fsp3) is 0.464. The van der Waals surface area contributed by atoms with Crippen molar-refractivity contribution in [1.82, 2.24) is 5.32 Å². The fourth-order valence-electron chi connectivity index (χ4n) is 4.16. The summed E-state index contributed by atoms with van der Waals surface area (Å²) in [7, 11) is 0. The van der Waals surface area contributed by atoms with Crippen molar-refractivity contribution in [1.29, 1.82) is 0 Å². The summed E-state index contributed by atoms with van der Waals surface area (Å²) in [5.74, 6) is -1.91. The van der Waals surface area contributed by atoms with Crippen molar-refractivity contribution in [2.75, 3.05) is 25.6 Å². The second-order valence-corrected chi connectivity index (χ2v) is 10.7. The van der Waals surface area contributed by atoms with Crippen molar-refractivity contribution in [3.8, 4) is 0 Å². The molecule has 232 valence electrons. The number of furan rings is 1. The number of hydrogen-bond acceptors (Lipinski definition) is 13. The maximum Gasteiger partial charge on any atom is 0.331 e. The highest BCUT2D eigenvalue weighted by molar-refractivity contribution is 8.13. The highest BCUT2D eigenvalue weighted by atomic mass is 32.2. The first-order chi connectivity index (χ1) is 20.4. The van der Waals surface area contributed by atoms with Crippen LogP contribution in [0.4, 0.5) is 0 Å². The summed E-state index contributed by atoms with van der Waals surface area (Å²) in [5.41, 5.74) is 2.95. The number of aryl methyl sites for hydroxylation is 1. The van der Waals surface area contributed by atoms with Crippen LogP contribution in [0.25, 0.3) is 16.5 Å². The largest absolute Gasteiger partial charge is 0.464 e. The molecule has 43 heavy (non-hydrogen) atoms. The number of hydrogen-bond donors (Lipinski definition) is 1. The van der Waals surface area contributed by atoms with E-state index in [4.69, 9.17) is 18.6 Å². The molecule has 2 atom stereocenters. The Kier molecular flexibility index (Phi) is 12.1. The van der Waals surface area contributed by atoms with E-state index in [-0.39, 0.29) is 55.9 Å². The van der Waals surface area contributed by atoms with Gasteiger partial charge in [0.2, 0.25) is 5.91 Å². The monoisotopic (exact) mass is 620 g/mol. The molecule has 14 nitrogen and oxygen atoms in total. The summed E-state index contributed by atoms with van der Waals surface area (Å²) in [6, 6.07) is 4.38. The standard InChI is InChI=1S/C28H32N2O12S/c1-16-21-12-19(20-13-25(33)39-14-20)6-7-23(21)42-27(16)17(2)41-24(32)8-9-26(34)43-15-22(29-18(3)31)28(35)38-10-4-5-11-40-30(36)37/h6-7,12-13,17,22H,4-5,8-11,14-15H2,1-3H3,(H,29,31). The Morgan fingerprint density at radius 2 is 1.91 bits per heavy atom. The summed E-state index contributed by atoms with van der Waals surface area (Å²) in [6.07, 6.45) is 0.942. The lowest BCUT2D eigenvalue weighted by atomic mass is 10.0. The van der Waals surface area contributed by atoms with Crippen LogP contribution in [0.15, 0.2) is 28.7 Å². The zero-order valence-corrected chi connectivity index (χ0v) is 24.7. The van der Waals surface area contributed by atoms with Crippen LogP contribution in [-0.4, -0.2) is 65.6 Å². The smallest absolute Gasteiger partial charge is 0.331 e. The lowest BCUT2D eigenvalue weighted by molar-refractivity contribution is -0.757. The highest BCUT2D eigenvalue weighted by Crippen LogP contribution is 2.33. The van der Waals surface area contributed by atoms with Crippen LogP contribution >= 0.6 is 11.8 Å². The van der Waals surface area contributed by atoms with Crippen LogP contribution in [0.2, 0.25) is 0 Å². The number of cyclic esters (lactones) is 1. The minimum Gasteiger partial charge on any atom is -0.464 e. The minimum absolute atomic E-state index is 0.0431. The van der Waals surface area contributed by atoms with Gasteiger partial charge in [-0.1, -0.05) is 17.8 Å². The molecule has 0 fully saturated rings. The van der Waals surface area contributed by atoms with Gasteiger partial charge >= 0.3 is 17.9 Å². The molecule has 2 aromatic rings. The van der Waals surface area contributed by atoms with E-state index in [0.29, 0.717) is 17.8 Å². The van der Waals surface area contributed by atoms with Crippen LogP contribution < -0.4 is 5.32 Å². The number of unbranched alkanes of at least 4 members (excludes halogenated alkanes) is 1. The molecular formula is C28H32N2O12S. The number of benzene rings is 1. The third-order valence-electron chi connectivity index (χ3n) is 6.27. The van der Waals surface area contributed by atoms with Gasteiger partial charge in [0.1, 0.15) is 24.0 Å². The summed E-state index contributed by atoms with van der Waals surface area (Å²) in [6.45, 7) is 4.72. The van der Waals surface area contributed by atoms with E-state index in [0.717, 1.165) is 33.8 Å². The summed E-state index contributed by atoms with van der Waals surface area (Å²) >= 11 is 0.770. The van der Waals surface area contributed by atoms with Crippen LogP contribution in [-0.2, 0) is 43.0 Å². The lowest BCUT2D eigenvalue weighted by Crippen LogP contribution is -2.43. The number of thioether (sulfide) groups is 1. The Hall–Kier alpha value is -4.40. The van der Waals surface area contributed by atoms with E-state index in [1.54, 1.807) is 13.0 Å².